The van der Waals surface area contributed by atoms with E-state index < -0.39 is 11.8 Å². The van der Waals surface area contributed by atoms with E-state index in [4.69, 9.17) is 5.11 Å². The molecule has 0 spiro atoms. The van der Waals surface area contributed by atoms with Gasteiger partial charge in [-0.2, -0.15) is 0 Å². The van der Waals surface area contributed by atoms with E-state index in [-0.39, 0.29) is 6.42 Å². The number of rotatable bonds is 7. The van der Waals surface area contributed by atoms with E-state index in [0.29, 0.717) is 6.42 Å². The quantitative estimate of drug-likeness (QED) is 0.622. The van der Waals surface area contributed by atoms with Crippen LogP contribution in [-0.4, -0.2) is 16.9 Å². The molecule has 0 heterocycles. The Kier molecular flexibility index (Phi) is 5.27. The van der Waals surface area contributed by atoms with E-state index in [1.807, 2.05) is 18.2 Å². The molecule has 1 N–H and O–H groups in total. The van der Waals surface area contributed by atoms with Crippen LogP contribution >= 0.6 is 0 Å². The Bertz CT molecular complexity index is 600. The van der Waals surface area contributed by atoms with Gasteiger partial charge in [0, 0.05) is 6.42 Å². The van der Waals surface area contributed by atoms with Crippen molar-refractivity contribution >= 4 is 11.8 Å². The molecule has 2 rings (SSSR count). The highest BCUT2D eigenvalue weighted by atomic mass is 16.4. The predicted molar refractivity (Wildman–Crippen MR) is 82.1 cm³/mol. The Labute approximate surface area is 124 Å². The summed E-state index contributed by atoms with van der Waals surface area (Å²) in [6, 6.07) is 18.5. The first kappa shape index (κ1) is 15.0. The highest BCUT2D eigenvalue weighted by Crippen LogP contribution is 2.19. The number of carbonyl (C=O) groups excluding carboxylic acids is 1. The average molecular weight is 282 g/mol. The van der Waals surface area contributed by atoms with Crippen molar-refractivity contribution in [2.24, 2.45) is 0 Å². The number of aliphatic carboxylic acids is 1. The molecule has 0 unspecified atom stereocenters. The van der Waals surface area contributed by atoms with E-state index in [1.165, 1.54) is 16.7 Å². The summed E-state index contributed by atoms with van der Waals surface area (Å²) < 4.78 is 0. The predicted octanol–water partition coefficient (Wildman–Crippen LogP) is 3.72. The SMILES string of the molecule is O=C(O)C(=O)CCCCc1ccc(-c2ccccc2)cc1. The molecular weight excluding hydrogens is 264 g/mol. The lowest BCUT2D eigenvalue weighted by molar-refractivity contribution is -0.149. The molecule has 0 aliphatic carbocycles. The van der Waals surface area contributed by atoms with Crippen molar-refractivity contribution in [2.45, 2.75) is 25.7 Å². The zero-order valence-corrected chi connectivity index (χ0v) is 11.8. The number of Topliss-reactive ketones (excluding diaryl/α,β-unsaturated/α-hetero) is 1. The molecule has 108 valence electrons. The molecule has 0 atom stereocenters. The van der Waals surface area contributed by atoms with E-state index >= 15 is 0 Å². The molecule has 0 radical (unpaired) electrons. The summed E-state index contributed by atoms with van der Waals surface area (Å²) >= 11 is 0. The molecule has 3 nitrogen and oxygen atoms in total. The molecule has 3 heteroatoms. The maximum absolute atomic E-state index is 11.0. The van der Waals surface area contributed by atoms with E-state index in [0.717, 1.165) is 12.8 Å². The van der Waals surface area contributed by atoms with E-state index in [2.05, 4.69) is 36.4 Å². The van der Waals surface area contributed by atoms with Crippen LogP contribution in [0.25, 0.3) is 11.1 Å². The first-order valence-electron chi connectivity index (χ1n) is 7.07. The molecular formula is C18H18O3. The molecule has 0 saturated heterocycles. The van der Waals surface area contributed by atoms with Gasteiger partial charge in [-0.1, -0.05) is 54.6 Å². The fourth-order valence-corrected chi connectivity index (χ4v) is 2.22. The Morgan fingerprint density at radius 3 is 2.05 bits per heavy atom. The Hall–Kier alpha value is -2.42. The molecule has 0 aliphatic heterocycles. The number of ketones is 1. The minimum atomic E-state index is -1.33. The summed E-state index contributed by atoms with van der Waals surface area (Å²) in [5, 5.41) is 8.49. The van der Waals surface area contributed by atoms with Crippen LogP contribution in [0.3, 0.4) is 0 Å². The van der Waals surface area contributed by atoms with Gasteiger partial charge >= 0.3 is 5.97 Å². The lowest BCUT2D eigenvalue weighted by Crippen LogP contribution is -2.11. The molecule has 0 fully saturated rings. The number of hydrogen-bond donors (Lipinski definition) is 1. The van der Waals surface area contributed by atoms with Gasteiger partial charge in [-0.25, -0.2) is 4.79 Å². The molecule has 0 aliphatic rings. The summed E-state index contributed by atoms with van der Waals surface area (Å²) in [5.74, 6) is -2.03. The molecule has 2 aromatic carbocycles. The maximum atomic E-state index is 11.0. The standard InChI is InChI=1S/C18H18O3/c19-17(18(20)21)9-5-4-6-14-10-12-16(13-11-14)15-7-2-1-3-8-15/h1-3,7-8,10-13H,4-6,9H2,(H,20,21). The zero-order valence-electron chi connectivity index (χ0n) is 11.8. The van der Waals surface area contributed by atoms with Crippen molar-refractivity contribution in [3.8, 4) is 11.1 Å². The van der Waals surface area contributed by atoms with Gasteiger partial charge in [-0.15, -0.1) is 0 Å². The monoisotopic (exact) mass is 282 g/mol. The van der Waals surface area contributed by atoms with Crippen molar-refractivity contribution in [1.82, 2.24) is 0 Å². The van der Waals surface area contributed by atoms with Crippen LogP contribution in [0.2, 0.25) is 0 Å². The lowest BCUT2D eigenvalue weighted by atomic mass is 10.0. The van der Waals surface area contributed by atoms with Crippen LogP contribution in [-0.2, 0) is 16.0 Å². The van der Waals surface area contributed by atoms with Crippen LogP contribution in [0.15, 0.2) is 54.6 Å². The number of carboxylic acids is 1. The van der Waals surface area contributed by atoms with Crippen molar-refractivity contribution < 1.29 is 14.7 Å². The van der Waals surface area contributed by atoms with Crippen LogP contribution in [0.5, 0.6) is 0 Å². The topological polar surface area (TPSA) is 54.4 Å². The fraction of sp³-hybridized carbons (Fsp3) is 0.222. The van der Waals surface area contributed by atoms with Gasteiger partial charge in [-0.05, 0) is 36.0 Å². The third kappa shape index (κ3) is 4.56. The second-order valence-electron chi connectivity index (χ2n) is 5.00. The number of carbonyl (C=O) groups is 2. The molecule has 2 aromatic rings. The Balaban J connectivity index is 1.83. The number of carboxylic acid groups (broad SMARTS) is 1. The second-order valence-corrected chi connectivity index (χ2v) is 5.00. The van der Waals surface area contributed by atoms with Crippen LogP contribution in [0, 0.1) is 0 Å². The summed E-state index contributed by atoms with van der Waals surface area (Å²) in [5.41, 5.74) is 3.58. The number of aryl methyl sites for hydroxylation is 1. The van der Waals surface area contributed by atoms with Gasteiger partial charge in [0.25, 0.3) is 0 Å². The number of benzene rings is 2. The second kappa shape index (κ2) is 7.39. The fourth-order valence-electron chi connectivity index (χ4n) is 2.22. The first-order chi connectivity index (χ1) is 10.2. The van der Waals surface area contributed by atoms with Gasteiger partial charge < -0.3 is 5.11 Å². The highest BCUT2D eigenvalue weighted by Gasteiger charge is 2.09. The number of unbranched alkanes of at least 4 members (excludes halogenated alkanes) is 1. The molecule has 0 saturated carbocycles. The van der Waals surface area contributed by atoms with Crippen LogP contribution < -0.4 is 0 Å². The van der Waals surface area contributed by atoms with Gasteiger partial charge in [0.05, 0.1) is 0 Å². The highest BCUT2D eigenvalue weighted by molar-refractivity contribution is 6.32. The smallest absolute Gasteiger partial charge is 0.372 e. The summed E-state index contributed by atoms with van der Waals surface area (Å²) in [6.45, 7) is 0. The molecule has 0 amide bonds. The summed E-state index contributed by atoms with van der Waals surface area (Å²) in [6.07, 6.45) is 2.43. The minimum absolute atomic E-state index is 0.122. The third-order valence-electron chi connectivity index (χ3n) is 3.42. The van der Waals surface area contributed by atoms with Crippen molar-refractivity contribution in [3.05, 3.63) is 60.2 Å². The molecule has 0 aromatic heterocycles. The minimum Gasteiger partial charge on any atom is -0.476 e. The summed E-state index contributed by atoms with van der Waals surface area (Å²) in [7, 11) is 0. The van der Waals surface area contributed by atoms with Crippen molar-refractivity contribution in [1.29, 1.82) is 0 Å². The Morgan fingerprint density at radius 1 is 0.810 bits per heavy atom. The molecule has 0 bridgehead atoms. The van der Waals surface area contributed by atoms with Crippen LogP contribution in [0.1, 0.15) is 24.8 Å². The first-order valence-corrected chi connectivity index (χ1v) is 7.07. The molecule has 21 heavy (non-hydrogen) atoms. The Morgan fingerprint density at radius 2 is 1.43 bits per heavy atom. The van der Waals surface area contributed by atoms with Gasteiger partial charge in [0.15, 0.2) is 0 Å². The van der Waals surface area contributed by atoms with Gasteiger partial charge in [0.1, 0.15) is 0 Å². The normalized spacial score (nSPS) is 10.3. The third-order valence-corrected chi connectivity index (χ3v) is 3.42. The lowest BCUT2D eigenvalue weighted by Gasteiger charge is -2.04. The number of hydrogen-bond acceptors (Lipinski definition) is 2. The van der Waals surface area contributed by atoms with Gasteiger partial charge in [-0.3, -0.25) is 4.79 Å². The van der Waals surface area contributed by atoms with Gasteiger partial charge in [0.2, 0.25) is 5.78 Å². The van der Waals surface area contributed by atoms with Crippen LogP contribution in [0.4, 0.5) is 0 Å². The van der Waals surface area contributed by atoms with Crippen molar-refractivity contribution in [3.63, 3.8) is 0 Å². The largest absolute Gasteiger partial charge is 0.476 e. The summed E-state index contributed by atoms with van der Waals surface area (Å²) in [4.78, 5) is 21.3. The van der Waals surface area contributed by atoms with E-state index in [9.17, 15) is 9.59 Å². The maximum Gasteiger partial charge on any atom is 0.372 e. The van der Waals surface area contributed by atoms with E-state index in [1.54, 1.807) is 0 Å². The average Bonchev–Trinajstić information content (AvgIpc) is 2.52. The zero-order chi connectivity index (χ0) is 15.1. The van der Waals surface area contributed by atoms with Crippen molar-refractivity contribution in [2.75, 3.05) is 0 Å².